The number of nitrogens with one attached hydrogen (secondary N) is 2. The van der Waals surface area contributed by atoms with Crippen LogP contribution in [0.1, 0.15) is 61.4 Å². The van der Waals surface area contributed by atoms with Gasteiger partial charge in [-0.25, -0.2) is 8.78 Å². The van der Waals surface area contributed by atoms with Gasteiger partial charge in [0.25, 0.3) is 0 Å². The van der Waals surface area contributed by atoms with E-state index in [1.54, 1.807) is 36.4 Å². The standard InChI is InChI=1S/C34H32F5N5O2/c1-32(2,36)17-28(30(45)43-26(19-41)16-24-4-3-20(18-40)15-27(24)35)44-29(34(37,38)39)23-7-5-21(6-8-23)22-9-11-25(12-10-22)33(13-14-33)31(42)46/h3-12,15,26,28-29,44H,13-14,16-17H2,1-2H3,(H2,42,46)(H,43,45)/t26-,28-,29-/m0/s1. The Morgan fingerprint density at radius 1 is 0.957 bits per heavy atom. The summed E-state index contributed by atoms with van der Waals surface area (Å²) in [6.45, 7) is 2.22. The lowest BCUT2D eigenvalue weighted by molar-refractivity contribution is -0.161. The van der Waals surface area contributed by atoms with Crippen molar-refractivity contribution in [1.29, 1.82) is 10.5 Å². The number of hydrogen-bond donors (Lipinski definition) is 3. The Morgan fingerprint density at radius 3 is 2.00 bits per heavy atom. The van der Waals surface area contributed by atoms with E-state index in [2.05, 4.69) is 10.6 Å². The summed E-state index contributed by atoms with van der Waals surface area (Å²) >= 11 is 0. The maximum atomic E-state index is 14.8. The van der Waals surface area contributed by atoms with E-state index in [0.717, 1.165) is 25.5 Å². The van der Waals surface area contributed by atoms with Gasteiger partial charge >= 0.3 is 6.18 Å². The molecule has 0 heterocycles. The lowest BCUT2D eigenvalue weighted by Crippen LogP contribution is -2.53. The monoisotopic (exact) mass is 637 g/mol. The molecule has 3 aromatic rings. The van der Waals surface area contributed by atoms with Crippen LogP contribution in [0.4, 0.5) is 22.0 Å². The van der Waals surface area contributed by atoms with Crippen LogP contribution >= 0.6 is 0 Å². The van der Waals surface area contributed by atoms with Crippen molar-refractivity contribution in [3.63, 3.8) is 0 Å². The van der Waals surface area contributed by atoms with E-state index in [9.17, 15) is 36.8 Å². The molecule has 7 nitrogen and oxygen atoms in total. The minimum atomic E-state index is -4.89. The van der Waals surface area contributed by atoms with Crippen LogP contribution in [0.5, 0.6) is 0 Å². The first-order chi connectivity index (χ1) is 21.6. The van der Waals surface area contributed by atoms with E-state index in [1.165, 1.54) is 36.4 Å². The van der Waals surface area contributed by atoms with E-state index in [-0.39, 0.29) is 23.1 Å². The number of nitriles is 2. The number of amides is 2. The van der Waals surface area contributed by atoms with E-state index in [1.807, 2.05) is 0 Å². The average Bonchev–Trinajstić information content (AvgIpc) is 3.81. The van der Waals surface area contributed by atoms with Gasteiger partial charge in [0.05, 0.1) is 29.2 Å². The van der Waals surface area contributed by atoms with Crippen molar-refractivity contribution >= 4 is 11.8 Å². The third-order valence-electron chi connectivity index (χ3n) is 8.02. The molecule has 1 fully saturated rings. The zero-order chi connectivity index (χ0) is 33.9. The molecular weight excluding hydrogens is 605 g/mol. The summed E-state index contributed by atoms with van der Waals surface area (Å²) in [5.74, 6) is -2.26. The third kappa shape index (κ3) is 8.06. The van der Waals surface area contributed by atoms with Crippen molar-refractivity contribution < 1.29 is 31.5 Å². The molecule has 1 aliphatic rings. The molecule has 46 heavy (non-hydrogen) atoms. The first kappa shape index (κ1) is 34.1. The Balaban J connectivity index is 1.53. The summed E-state index contributed by atoms with van der Waals surface area (Å²) < 4.78 is 72.3. The number of nitrogens with zero attached hydrogens (tertiary/aromatic N) is 2. The fraction of sp³-hybridized carbons (Fsp3) is 0.353. The van der Waals surface area contributed by atoms with Gasteiger partial charge in [-0.15, -0.1) is 0 Å². The molecule has 0 unspecified atom stereocenters. The van der Waals surface area contributed by atoms with Gasteiger partial charge in [-0.05, 0) is 66.6 Å². The number of halogens is 5. The zero-order valence-corrected chi connectivity index (χ0v) is 25.1. The molecule has 0 aromatic heterocycles. The van der Waals surface area contributed by atoms with Crippen LogP contribution in [0, 0.1) is 28.5 Å². The minimum Gasteiger partial charge on any atom is -0.369 e. The number of hydrogen-bond acceptors (Lipinski definition) is 5. The summed E-state index contributed by atoms with van der Waals surface area (Å²) in [7, 11) is 0. The molecule has 0 bridgehead atoms. The molecule has 1 aliphatic carbocycles. The first-order valence-electron chi connectivity index (χ1n) is 14.5. The van der Waals surface area contributed by atoms with Crippen molar-refractivity contribution in [3.8, 4) is 23.3 Å². The number of alkyl halides is 4. The number of carbonyl (C=O) groups is 2. The highest BCUT2D eigenvalue weighted by Gasteiger charge is 2.50. The summed E-state index contributed by atoms with van der Waals surface area (Å²) in [4.78, 5) is 25.1. The fourth-order valence-corrected chi connectivity index (χ4v) is 5.35. The molecule has 0 saturated heterocycles. The Kier molecular flexibility index (Phi) is 9.83. The molecule has 240 valence electrons. The van der Waals surface area contributed by atoms with Crippen molar-refractivity contribution in [1.82, 2.24) is 10.6 Å². The second-order valence-electron chi connectivity index (χ2n) is 12.1. The van der Waals surface area contributed by atoms with Crippen molar-refractivity contribution in [3.05, 3.63) is 94.8 Å². The van der Waals surface area contributed by atoms with Crippen molar-refractivity contribution in [2.45, 2.75) is 74.9 Å². The van der Waals surface area contributed by atoms with E-state index in [0.29, 0.717) is 24.0 Å². The molecule has 0 radical (unpaired) electrons. The molecule has 2 amide bonds. The molecule has 12 heteroatoms. The third-order valence-corrected chi connectivity index (χ3v) is 8.02. The maximum absolute atomic E-state index is 14.8. The Morgan fingerprint density at radius 2 is 1.54 bits per heavy atom. The number of benzene rings is 3. The van der Waals surface area contributed by atoms with Gasteiger partial charge in [-0.2, -0.15) is 23.7 Å². The van der Waals surface area contributed by atoms with E-state index >= 15 is 0 Å². The second-order valence-corrected chi connectivity index (χ2v) is 12.1. The van der Waals surface area contributed by atoms with Crippen molar-refractivity contribution in [2.24, 2.45) is 5.73 Å². The number of nitrogens with two attached hydrogens (primary N) is 1. The van der Waals surface area contributed by atoms with Gasteiger partial charge < -0.3 is 11.1 Å². The topological polar surface area (TPSA) is 132 Å². The number of primary amides is 1. The molecule has 3 aromatic carbocycles. The Hall–Kier alpha value is -4.81. The average molecular weight is 638 g/mol. The second kappa shape index (κ2) is 13.3. The highest BCUT2D eigenvalue weighted by atomic mass is 19.4. The SMILES string of the molecule is CC(C)(F)C[C@H](N[C@@H](c1ccc(-c2ccc(C3(C(N)=O)CC3)cc2)cc1)C(F)(F)F)C(=O)N[C@H](C#N)Cc1ccc(C#N)cc1F. The molecule has 4 rings (SSSR count). The maximum Gasteiger partial charge on any atom is 0.407 e. The van der Waals surface area contributed by atoms with Crippen LogP contribution in [0.3, 0.4) is 0 Å². The van der Waals surface area contributed by atoms with E-state index in [4.69, 9.17) is 11.0 Å². The lowest BCUT2D eigenvalue weighted by Gasteiger charge is -2.30. The van der Waals surface area contributed by atoms with Gasteiger partial charge in [0, 0.05) is 12.8 Å². The van der Waals surface area contributed by atoms with Crippen LogP contribution in [-0.2, 0) is 21.4 Å². The predicted molar refractivity (Wildman–Crippen MR) is 160 cm³/mol. The van der Waals surface area contributed by atoms with Gasteiger partial charge in [0.1, 0.15) is 23.6 Å². The van der Waals surface area contributed by atoms with Gasteiger partial charge in [-0.1, -0.05) is 54.6 Å². The smallest absolute Gasteiger partial charge is 0.369 e. The Bertz CT molecular complexity index is 1660. The molecule has 0 aliphatic heterocycles. The van der Waals surface area contributed by atoms with Crippen molar-refractivity contribution in [2.75, 3.05) is 0 Å². The van der Waals surface area contributed by atoms with Gasteiger partial charge in [0.15, 0.2) is 0 Å². The van der Waals surface area contributed by atoms with Gasteiger partial charge in [-0.3, -0.25) is 14.9 Å². The fourth-order valence-electron chi connectivity index (χ4n) is 5.35. The largest absolute Gasteiger partial charge is 0.407 e. The van der Waals surface area contributed by atoms with Crippen LogP contribution in [-0.4, -0.2) is 35.7 Å². The highest BCUT2D eigenvalue weighted by Crippen LogP contribution is 2.48. The van der Waals surface area contributed by atoms with E-state index < -0.39 is 59.4 Å². The normalized spacial score (nSPS) is 15.9. The molecule has 4 N–H and O–H groups in total. The van der Waals surface area contributed by atoms with Crippen LogP contribution in [0.2, 0.25) is 0 Å². The summed E-state index contributed by atoms with van der Waals surface area (Å²) in [6, 6.07) is 14.2. The quantitative estimate of drug-likeness (QED) is 0.215. The first-order valence-corrected chi connectivity index (χ1v) is 14.5. The van der Waals surface area contributed by atoms with Crippen LogP contribution in [0.25, 0.3) is 11.1 Å². The summed E-state index contributed by atoms with van der Waals surface area (Å²) in [5.41, 5.74) is 4.69. The number of rotatable bonds is 12. The number of carbonyl (C=O) groups excluding carboxylic acids is 2. The van der Waals surface area contributed by atoms with Crippen LogP contribution < -0.4 is 16.4 Å². The van der Waals surface area contributed by atoms with Crippen LogP contribution in [0.15, 0.2) is 66.7 Å². The zero-order valence-electron chi connectivity index (χ0n) is 25.1. The summed E-state index contributed by atoms with van der Waals surface area (Å²) in [6.07, 6.45) is -4.57. The predicted octanol–water partition coefficient (Wildman–Crippen LogP) is 5.83. The molecular formula is C34H32F5N5O2. The Labute approximate surface area is 263 Å². The summed E-state index contributed by atoms with van der Waals surface area (Å²) in [5, 5.41) is 23.1. The lowest BCUT2D eigenvalue weighted by atomic mass is 9.92. The highest BCUT2D eigenvalue weighted by molar-refractivity contribution is 5.90. The van der Waals surface area contributed by atoms with Gasteiger partial charge in [0.2, 0.25) is 11.8 Å². The minimum absolute atomic E-state index is 0.00370. The molecule has 3 atom stereocenters. The molecule has 1 saturated carbocycles. The molecule has 0 spiro atoms.